The van der Waals surface area contributed by atoms with Crippen LogP contribution in [0, 0.1) is 0 Å². The highest BCUT2D eigenvalue weighted by molar-refractivity contribution is 6.30. The Balaban J connectivity index is 1.93. The SMILES string of the molecule is COc1ccc(C(=O)NCC(=O)c2ccc(Cl)cc2)cc1. The van der Waals surface area contributed by atoms with Gasteiger partial charge in [0.25, 0.3) is 5.91 Å². The Kier molecular flexibility index (Phi) is 4.95. The third-order valence-corrected chi connectivity index (χ3v) is 3.18. The molecule has 0 spiro atoms. The summed E-state index contributed by atoms with van der Waals surface area (Å²) in [5.74, 6) is 0.192. The van der Waals surface area contributed by atoms with E-state index in [0.717, 1.165) is 0 Å². The van der Waals surface area contributed by atoms with Crippen molar-refractivity contribution in [1.29, 1.82) is 0 Å². The van der Waals surface area contributed by atoms with Gasteiger partial charge in [0, 0.05) is 16.1 Å². The molecule has 2 rings (SSSR count). The van der Waals surface area contributed by atoms with Gasteiger partial charge < -0.3 is 10.1 Å². The van der Waals surface area contributed by atoms with E-state index in [-0.39, 0.29) is 18.2 Å². The molecule has 0 radical (unpaired) electrons. The summed E-state index contributed by atoms with van der Waals surface area (Å²) >= 11 is 5.76. The van der Waals surface area contributed by atoms with Gasteiger partial charge in [0.2, 0.25) is 0 Å². The van der Waals surface area contributed by atoms with Crippen LogP contribution in [0.5, 0.6) is 5.75 Å². The lowest BCUT2D eigenvalue weighted by Gasteiger charge is -2.06. The van der Waals surface area contributed by atoms with Crippen LogP contribution >= 0.6 is 11.6 Å². The van der Waals surface area contributed by atoms with E-state index in [1.165, 1.54) is 0 Å². The van der Waals surface area contributed by atoms with Crippen molar-refractivity contribution in [3.63, 3.8) is 0 Å². The summed E-state index contributed by atoms with van der Waals surface area (Å²) in [7, 11) is 1.56. The van der Waals surface area contributed by atoms with E-state index >= 15 is 0 Å². The normalized spacial score (nSPS) is 10.0. The largest absolute Gasteiger partial charge is 0.497 e. The van der Waals surface area contributed by atoms with Crippen LogP contribution < -0.4 is 10.1 Å². The lowest BCUT2D eigenvalue weighted by molar-refractivity contribution is 0.0904. The van der Waals surface area contributed by atoms with E-state index in [0.29, 0.717) is 21.9 Å². The van der Waals surface area contributed by atoms with Crippen molar-refractivity contribution in [3.05, 3.63) is 64.7 Å². The van der Waals surface area contributed by atoms with Crippen molar-refractivity contribution in [3.8, 4) is 5.75 Å². The molecular formula is C16H14ClNO3. The highest BCUT2D eigenvalue weighted by Gasteiger charge is 2.10. The molecule has 0 aromatic heterocycles. The van der Waals surface area contributed by atoms with Crippen molar-refractivity contribution in [1.82, 2.24) is 5.32 Å². The molecule has 4 nitrogen and oxygen atoms in total. The van der Waals surface area contributed by atoms with E-state index in [1.807, 2.05) is 0 Å². The first kappa shape index (κ1) is 15.1. The Bertz CT molecular complexity index is 636. The van der Waals surface area contributed by atoms with Gasteiger partial charge in [0.15, 0.2) is 5.78 Å². The van der Waals surface area contributed by atoms with Crippen molar-refractivity contribution in [2.24, 2.45) is 0 Å². The predicted octanol–water partition coefficient (Wildman–Crippen LogP) is 2.96. The quantitative estimate of drug-likeness (QED) is 0.864. The first-order valence-corrected chi connectivity index (χ1v) is 6.69. The standard InChI is InChI=1S/C16H14ClNO3/c1-21-14-8-4-12(5-9-14)16(20)18-10-15(19)11-2-6-13(17)7-3-11/h2-9H,10H2,1H3,(H,18,20). The number of ketones is 1. The summed E-state index contributed by atoms with van der Waals surface area (Å²) in [4.78, 5) is 23.8. The maximum absolute atomic E-state index is 11.9. The van der Waals surface area contributed by atoms with Crippen LogP contribution in [0.25, 0.3) is 0 Å². The van der Waals surface area contributed by atoms with E-state index in [2.05, 4.69) is 5.32 Å². The molecule has 0 heterocycles. The summed E-state index contributed by atoms with van der Waals surface area (Å²) in [6, 6.07) is 13.2. The van der Waals surface area contributed by atoms with Gasteiger partial charge in [-0.3, -0.25) is 9.59 Å². The van der Waals surface area contributed by atoms with Gasteiger partial charge in [0.1, 0.15) is 5.75 Å². The number of hydrogen-bond acceptors (Lipinski definition) is 3. The number of halogens is 1. The van der Waals surface area contributed by atoms with Crippen LogP contribution in [-0.2, 0) is 0 Å². The number of carbonyl (C=O) groups excluding carboxylic acids is 2. The van der Waals surface area contributed by atoms with E-state index in [4.69, 9.17) is 16.3 Å². The summed E-state index contributed by atoms with van der Waals surface area (Å²) < 4.78 is 5.02. The molecular weight excluding hydrogens is 290 g/mol. The zero-order valence-electron chi connectivity index (χ0n) is 11.4. The Labute approximate surface area is 127 Å². The first-order valence-electron chi connectivity index (χ1n) is 6.31. The Morgan fingerprint density at radius 3 is 2.14 bits per heavy atom. The lowest BCUT2D eigenvalue weighted by Crippen LogP contribution is -2.29. The third-order valence-electron chi connectivity index (χ3n) is 2.93. The fourth-order valence-electron chi connectivity index (χ4n) is 1.74. The van der Waals surface area contributed by atoms with Gasteiger partial charge in [-0.2, -0.15) is 0 Å². The monoisotopic (exact) mass is 303 g/mol. The first-order chi connectivity index (χ1) is 10.1. The van der Waals surface area contributed by atoms with Crippen LogP contribution in [0.3, 0.4) is 0 Å². The minimum Gasteiger partial charge on any atom is -0.497 e. The van der Waals surface area contributed by atoms with Gasteiger partial charge in [-0.05, 0) is 48.5 Å². The van der Waals surface area contributed by atoms with Crippen molar-refractivity contribution in [2.75, 3.05) is 13.7 Å². The molecule has 0 aliphatic rings. The van der Waals surface area contributed by atoms with Gasteiger partial charge in [-0.15, -0.1) is 0 Å². The van der Waals surface area contributed by atoms with Crippen LogP contribution in [0.4, 0.5) is 0 Å². The number of ether oxygens (including phenoxy) is 1. The second kappa shape index (κ2) is 6.90. The van der Waals surface area contributed by atoms with Gasteiger partial charge >= 0.3 is 0 Å². The summed E-state index contributed by atoms with van der Waals surface area (Å²) in [6.07, 6.45) is 0. The maximum atomic E-state index is 11.9. The van der Waals surface area contributed by atoms with Crippen LogP contribution in [0.2, 0.25) is 5.02 Å². The molecule has 0 aliphatic carbocycles. The Morgan fingerprint density at radius 2 is 1.57 bits per heavy atom. The number of benzene rings is 2. The predicted molar refractivity (Wildman–Crippen MR) is 81.1 cm³/mol. The molecule has 0 bridgehead atoms. The molecule has 0 atom stereocenters. The van der Waals surface area contributed by atoms with Crippen molar-refractivity contribution in [2.45, 2.75) is 0 Å². The minimum absolute atomic E-state index is 0.0630. The number of Topliss-reactive ketones (excluding diaryl/α,β-unsaturated/α-hetero) is 1. The zero-order chi connectivity index (χ0) is 15.2. The number of methoxy groups -OCH3 is 1. The molecule has 2 aromatic rings. The van der Waals surface area contributed by atoms with Gasteiger partial charge in [0.05, 0.1) is 13.7 Å². The molecule has 0 unspecified atom stereocenters. The molecule has 1 N–H and O–H groups in total. The van der Waals surface area contributed by atoms with Crippen LogP contribution in [-0.4, -0.2) is 25.3 Å². The van der Waals surface area contributed by atoms with Gasteiger partial charge in [-0.25, -0.2) is 0 Å². The zero-order valence-corrected chi connectivity index (χ0v) is 12.2. The molecule has 0 aliphatic heterocycles. The van der Waals surface area contributed by atoms with Crippen LogP contribution in [0.1, 0.15) is 20.7 Å². The van der Waals surface area contributed by atoms with E-state index < -0.39 is 0 Å². The number of amides is 1. The average Bonchev–Trinajstić information content (AvgIpc) is 2.53. The fraction of sp³-hybridized carbons (Fsp3) is 0.125. The Morgan fingerprint density at radius 1 is 1.00 bits per heavy atom. The minimum atomic E-state index is -0.306. The smallest absolute Gasteiger partial charge is 0.251 e. The van der Waals surface area contributed by atoms with Crippen LogP contribution in [0.15, 0.2) is 48.5 Å². The average molecular weight is 304 g/mol. The van der Waals surface area contributed by atoms with Gasteiger partial charge in [-0.1, -0.05) is 11.6 Å². The number of rotatable bonds is 5. The van der Waals surface area contributed by atoms with Crippen molar-refractivity contribution < 1.29 is 14.3 Å². The summed E-state index contributed by atoms with van der Waals surface area (Å²) in [6.45, 7) is -0.0630. The molecule has 1 amide bonds. The highest BCUT2D eigenvalue weighted by atomic mass is 35.5. The maximum Gasteiger partial charge on any atom is 0.251 e. The molecule has 0 saturated heterocycles. The molecule has 0 fully saturated rings. The molecule has 108 valence electrons. The molecule has 5 heteroatoms. The number of nitrogens with one attached hydrogen (secondary N) is 1. The van der Waals surface area contributed by atoms with Crippen molar-refractivity contribution >= 4 is 23.3 Å². The second-order valence-electron chi connectivity index (χ2n) is 4.34. The third kappa shape index (κ3) is 4.07. The fourth-order valence-corrected chi connectivity index (χ4v) is 1.87. The van der Waals surface area contributed by atoms with E-state index in [9.17, 15) is 9.59 Å². The van der Waals surface area contributed by atoms with E-state index in [1.54, 1.807) is 55.6 Å². The Hall–Kier alpha value is -2.33. The summed E-state index contributed by atoms with van der Waals surface area (Å²) in [5, 5.41) is 3.15. The highest BCUT2D eigenvalue weighted by Crippen LogP contribution is 2.12. The molecule has 2 aromatic carbocycles. The second-order valence-corrected chi connectivity index (χ2v) is 4.78. The lowest BCUT2D eigenvalue weighted by atomic mass is 10.1. The number of carbonyl (C=O) groups is 2. The summed E-state index contributed by atoms with van der Waals surface area (Å²) in [5.41, 5.74) is 0.981. The number of hydrogen-bond donors (Lipinski definition) is 1. The topological polar surface area (TPSA) is 55.4 Å². The molecule has 21 heavy (non-hydrogen) atoms. The molecule has 0 saturated carbocycles.